The van der Waals surface area contributed by atoms with E-state index in [-0.39, 0.29) is 38.6 Å². The van der Waals surface area contributed by atoms with Crippen LogP contribution in [0, 0.1) is 0 Å². The SMILES string of the molecule is CC/C=C\C/C=C\C/C=C\C/C=C\C/C=C\C/C=C\C/C=C\C/C=C\CCCCCCC(=O)OC(COC(=O)CCCCCCCCCCCCCCCCCCCCCCCCCCCCCCC/C=C\C/C=C\CCCCCCC)COP(=O)(O)OCCN. The van der Waals surface area contributed by atoms with Gasteiger partial charge in [0.2, 0.25) is 0 Å². The largest absolute Gasteiger partial charge is 0.472 e. The minimum Gasteiger partial charge on any atom is -0.462 e. The first kappa shape index (κ1) is 87.4. The van der Waals surface area contributed by atoms with Crippen molar-refractivity contribution in [1.29, 1.82) is 0 Å². The number of allylic oxidation sites excluding steroid dienone is 20. The molecule has 0 radical (unpaired) electrons. The third-order valence-electron chi connectivity index (χ3n) is 16.3. The second-order valence-electron chi connectivity index (χ2n) is 25.1. The van der Waals surface area contributed by atoms with E-state index < -0.39 is 26.5 Å². The van der Waals surface area contributed by atoms with E-state index in [1.807, 2.05) is 0 Å². The smallest absolute Gasteiger partial charge is 0.462 e. The Labute approximate surface area is 561 Å². The van der Waals surface area contributed by atoms with Gasteiger partial charge in [-0.15, -0.1) is 0 Å². The molecule has 91 heavy (non-hydrogen) atoms. The molecule has 0 aliphatic heterocycles. The van der Waals surface area contributed by atoms with Crippen molar-refractivity contribution in [3.8, 4) is 0 Å². The number of hydrogen-bond acceptors (Lipinski definition) is 8. The van der Waals surface area contributed by atoms with Gasteiger partial charge >= 0.3 is 19.8 Å². The molecule has 0 aliphatic rings. The molecule has 0 aromatic heterocycles. The summed E-state index contributed by atoms with van der Waals surface area (Å²) in [5.41, 5.74) is 5.40. The molecular formula is C81H142NO8P. The van der Waals surface area contributed by atoms with Crippen LogP contribution in [-0.2, 0) is 32.7 Å². The average molecular weight is 1290 g/mol. The molecule has 2 atom stereocenters. The van der Waals surface area contributed by atoms with E-state index in [0.717, 1.165) is 103 Å². The highest BCUT2D eigenvalue weighted by molar-refractivity contribution is 7.47. The fraction of sp³-hybridized carbons (Fsp3) is 0.728. The summed E-state index contributed by atoms with van der Waals surface area (Å²) < 4.78 is 33.2. The number of carbonyl (C=O) groups excluding carboxylic acids is 2. The summed E-state index contributed by atoms with van der Waals surface area (Å²) in [6, 6.07) is 0. The molecule has 10 heteroatoms. The Hall–Kier alpha value is -3.59. The van der Waals surface area contributed by atoms with Crippen LogP contribution in [-0.4, -0.2) is 49.3 Å². The molecule has 0 saturated carbocycles. The molecular weight excluding hydrogens is 1150 g/mol. The fourth-order valence-electron chi connectivity index (χ4n) is 10.7. The maximum atomic E-state index is 12.8. The van der Waals surface area contributed by atoms with Crippen molar-refractivity contribution in [1.82, 2.24) is 0 Å². The summed E-state index contributed by atoms with van der Waals surface area (Å²) in [7, 11) is -4.41. The molecule has 0 rings (SSSR count). The number of hydrogen-bond donors (Lipinski definition) is 2. The molecule has 0 aromatic carbocycles. The molecule has 0 aliphatic carbocycles. The van der Waals surface area contributed by atoms with Crippen LogP contribution in [0.15, 0.2) is 122 Å². The summed E-state index contributed by atoms with van der Waals surface area (Å²) in [6.07, 6.45) is 106. The van der Waals surface area contributed by atoms with Gasteiger partial charge in [-0.3, -0.25) is 18.6 Å². The normalized spacial score (nSPS) is 13.6. The minimum absolute atomic E-state index is 0.0443. The molecule has 0 fully saturated rings. The Morgan fingerprint density at radius 3 is 0.901 bits per heavy atom. The first-order chi connectivity index (χ1) is 44.8. The van der Waals surface area contributed by atoms with Gasteiger partial charge in [0.05, 0.1) is 13.2 Å². The van der Waals surface area contributed by atoms with E-state index in [1.165, 1.54) is 212 Å². The summed E-state index contributed by atoms with van der Waals surface area (Å²) in [5.74, 6) is -0.851. The number of rotatable bonds is 71. The third-order valence-corrected chi connectivity index (χ3v) is 17.3. The number of nitrogens with two attached hydrogens (primary N) is 1. The van der Waals surface area contributed by atoms with Crippen LogP contribution >= 0.6 is 7.82 Å². The maximum Gasteiger partial charge on any atom is 0.472 e. The quantitative estimate of drug-likeness (QED) is 0.0264. The zero-order valence-electron chi connectivity index (χ0n) is 59.1. The van der Waals surface area contributed by atoms with Crippen molar-refractivity contribution < 1.29 is 37.6 Å². The maximum absolute atomic E-state index is 12.8. The van der Waals surface area contributed by atoms with Gasteiger partial charge in [0, 0.05) is 19.4 Å². The predicted octanol–water partition coefficient (Wildman–Crippen LogP) is 25.4. The van der Waals surface area contributed by atoms with Crippen LogP contribution in [0.5, 0.6) is 0 Å². The topological polar surface area (TPSA) is 134 Å². The van der Waals surface area contributed by atoms with E-state index >= 15 is 0 Å². The van der Waals surface area contributed by atoms with E-state index in [9.17, 15) is 19.0 Å². The summed E-state index contributed by atoms with van der Waals surface area (Å²) in [5, 5.41) is 0. The Morgan fingerprint density at radius 2 is 0.604 bits per heavy atom. The Bertz CT molecular complexity index is 1910. The molecule has 0 bridgehead atoms. The zero-order chi connectivity index (χ0) is 65.8. The number of carbonyl (C=O) groups is 2. The van der Waals surface area contributed by atoms with Crippen LogP contribution in [0.3, 0.4) is 0 Å². The summed E-state index contributed by atoms with van der Waals surface area (Å²) >= 11 is 0. The second kappa shape index (κ2) is 75.4. The van der Waals surface area contributed by atoms with Gasteiger partial charge in [-0.2, -0.15) is 0 Å². The van der Waals surface area contributed by atoms with E-state index in [4.69, 9.17) is 24.3 Å². The van der Waals surface area contributed by atoms with Gasteiger partial charge in [-0.25, -0.2) is 4.57 Å². The number of esters is 2. The van der Waals surface area contributed by atoms with Crippen molar-refractivity contribution in [2.24, 2.45) is 5.73 Å². The monoisotopic (exact) mass is 1290 g/mol. The lowest BCUT2D eigenvalue weighted by atomic mass is 10.0. The Kier molecular flexibility index (Phi) is 72.5. The van der Waals surface area contributed by atoms with Gasteiger partial charge < -0.3 is 20.1 Å². The first-order valence-corrected chi connectivity index (χ1v) is 39.5. The summed E-state index contributed by atoms with van der Waals surface area (Å²) in [4.78, 5) is 35.4. The van der Waals surface area contributed by atoms with Gasteiger partial charge in [0.1, 0.15) is 6.61 Å². The van der Waals surface area contributed by atoms with E-state index in [1.54, 1.807) is 0 Å². The molecule has 0 saturated heterocycles. The second-order valence-corrected chi connectivity index (χ2v) is 26.6. The number of phosphoric acid groups is 1. The number of phosphoric ester groups is 1. The van der Waals surface area contributed by atoms with E-state index in [2.05, 4.69) is 135 Å². The van der Waals surface area contributed by atoms with Gasteiger partial charge in [0.15, 0.2) is 6.10 Å². The lowest BCUT2D eigenvalue weighted by molar-refractivity contribution is -0.161. The molecule has 9 nitrogen and oxygen atoms in total. The van der Waals surface area contributed by atoms with Crippen LogP contribution in [0.1, 0.15) is 348 Å². The van der Waals surface area contributed by atoms with Gasteiger partial charge in [0.25, 0.3) is 0 Å². The van der Waals surface area contributed by atoms with Crippen LogP contribution in [0.25, 0.3) is 0 Å². The highest BCUT2D eigenvalue weighted by Gasteiger charge is 2.26. The first-order valence-electron chi connectivity index (χ1n) is 38.0. The Morgan fingerprint density at radius 1 is 0.341 bits per heavy atom. The van der Waals surface area contributed by atoms with Crippen molar-refractivity contribution >= 4 is 19.8 Å². The number of ether oxygens (including phenoxy) is 2. The highest BCUT2D eigenvalue weighted by Crippen LogP contribution is 2.43. The molecule has 0 heterocycles. The highest BCUT2D eigenvalue weighted by atomic mass is 31.2. The molecule has 2 unspecified atom stereocenters. The molecule has 0 spiro atoms. The van der Waals surface area contributed by atoms with Crippen LogP contribution < -0.4 is 5.73 Å². The molecule has 0 amide bonds. The van der Waals surface area contributed by atoms with Gasteiger partial charge in [-0.1, -0.05) is 347 Å². The molecule has 0 aromatic rings. The van der Waals surface area contributed by atoms with Crippen LogP contribution in [0.4, 0.5) is 0 Å². The van der Waals surface area contributed by atoms with Crippen molar-refractivity contribution in [3.05, 3.63) is 122 Å². The minimum atomic E-state index is -4.41. The Balaban J connectivity index is 3.84. The van der Waals surface area contributed by atoms with E-state index in [0.29, 0.717) is 6.42 Å². The third kappa shape index (κ3) is 75.3. The van der Waals surface area contributed by atoms with Gasteiger partial charge in [-0.05, 0) is 109 Å². The number of unbranched alkanes of at least 4 members (excludes halogenated alkanes) is 38. The standard InChI is InChI=1S/C81H142NO8P/c1-3-5-7-9-11-13-15-17-19-21-23-25-27-29-31-33-34-35-36-37-38-39-40-41-42-43-44-46-47-49-51-53-55-57-59-61-63-65-67-69-71-73-80(83)87-77-79(78-89-91(85,86)88-76-75-82)90-81(84)74-72-70-68-66-64-62-60-58-56-54-52-50-48-45-32-30-28-26-24-22-20-18-16-14-12-10-8-6-4-2/h6,8,12,14-15,17-18,20-21,23-24,26,30,32,48,50,54,56,60,62,79H,3-5,7,9-11,13,16,19,22,25,27-29,31,33-47,49,51-53,55,57-59,61,63-78,82H2,1-2H3,(H,85,86)/b8-6-,14-12-,17-15-,20-18-,23-21-,26-24-,32-30-,50-48-,56-54-,62-60-. The van der Waals surface area contributed by atoms with Crippen molar-refractivity contribution in [2.75, 3.05) is 26.4 Å². The van der Waals surface area contributed by atoms with Crippen molar-refractivity contribution in [3.63, 3.8) is 0 Å². The fourth-order valence-corrected chi connectivity index (χ4v) is 11.5. The average Bonchev–Trinajstić information content (AvgIpc) is 3.68. The van der Waals surface area contributed by atoms with Crippen LogP contribution in [0.2, 0.25) is 0 Å². The predicted molar refractivity (Wildman–Crippen MR) is 394 cm³/mol. The summed E-state index contributed by atoms with van der Waals surface area (Å²) in [6.45, 7) is 3.62. The molecule has 3 N–H and O–H groups in total. The lowest BCUT2D eigenvalue weighted by Crippen LogP contribution is -2.29. The lowest BCUT2D eigenvalue weighted by Gasteiger charge is -2.19. The zero-order valence-corrected chi connectivity index (χ0v) is 59.9. The molecule has 524 valence electrons. The van der Waals surface area contributed by atoms with Crippen molar-refractivity contribution in [2.45, 2.75) is 354 Å².